The lowest BCUT2D eigenvalue weighted by Crippen LogP contribution is -2.43. The molecule has 2 amide bonds. The second-order valence-electron chi connectivity index (χ2n) is 6.85. The Morgan fingerprint density at radius 3 is 2.48 bits per heavy atom. The first-order chi connectivity index (χ1) is 12.1. The molecular formula is C20H27N3O2. The summed E-state index contributed by atoms with van der Waals surface area (Å²) >= 11 is 0. The summed E-state index contributed by atoms with van der Waals surface area (Å²) in [5.41, 5.74) is 6.62. The molecule has 0 spiro atoms. The van der Waals surface area contributed by atoms with Crippen LogP contribution < -0.4 is 5.73 Å². The molecule has 1 saturated carbocycles. The molecule has 25 heavy (non-hydrogen) atoms. The van der Waals surface area contributed by atoms with Crippen LogP contribution in [0, 0.1) is 23.2 Å². The molecule has 5 nitrogen and oxygen atoms in total. The number of carbonyl (C=O) groups is 2. The van der Waals surface area contributed by atoms with Gasteiger partial charge in [-0.3, -0.25) is 9.59 Å². The summed E-state index contributed by atoms with van der Waals surface area (Å²) in [6.45, 7) is 0.408. The Bertz CT molecular complexity index is 603. The summed E-state index contributed by atoms with van der Waals surface area (Å²) in [6.07, 6.45) is 6.81. The molecule has 0 aromatic heterocycles. The number of nitrogens with two attached hydrogens (primary N) is 1. The third-order valence-electron chi connectivity index (χ3n) is 5.02. The normalized spacial score (nSPS) is 16.0. The van der Waals surface area contributed by atoms with E-state index in [1.165, 1.54) is 11.3 Å². The zero-order chi connectivity index (χ0) is 18.1. The zero-order valence-corrected chi connectivity index (χ0v) is 14.7. The maximum atomic E-state index is 12.8. The molecule has 1 unspecified atom stereocenters. The summed E-state index contributed by atoms with van der Waals surface area (Å²) in [5, 5.41) is 9.06. The van der Waals surface area contributed by atoms with Crippen molar-refractivity contribution in [3.8, 4) is 6.07 Å². The fourth-order valence-electron chi connectivity index (χ4n) is 3.58. The van der Waals surface area contributed by atoms with Gasteiger partial charge in [-0.1, -0.05) is 62.4 Å². The lowest BCUT2D eigenvalue weighted by molar-refractivity contribution is -0.141. The van der Waals surface area contributed by atoms with Gasteiger partial charge in [0, 0.05) is 6.54 Å². The van der Waals surface area contributed by atoms with Crippen LogP contribution in [0.5, 0.6) is 0 Å². The van der Waals surface area contributed by atoms with Crippen LogP contribution in [0.3, 0.4) is 0 Å². The van der Waals surface area contributed by atoms with E-state index in [0.29, 0.717) is 25.3 Å². The first-order valence-electron chi connectivity index (χ1n) is 9.10. The Morgan fingerprint density at radius 1 is 1.20 bits per heavy atom. The lowest BCUT2D eigenvalue weighted by Gasteiger charge is -2.28. The van der Waals surface area contributed by atoms with Crippen LogP contribution in [0.1, 0.15) is 44.1 Å². The quantitative estimate of drug-likeness (QED) is 0.582. The second kappa shape index (κ2) is 9.83. The summed E-state index contributed by atoms with van der Waals surface area (Å²) < 4.78 is 0. The van der Waals surface area contributed by atoms with E-state index in [2.05, 4.69) is 0 Å². The molecule has 5 heteroatoms. The third-order valence-corrected chi connectivity index (χ3v) is 5.02. The molecule has 1 aliphatic rings. The SMILES string of the molecule is N#CCN(CCc1ccccc1)C(=O)C(CC1CCCCC1)C(N)=O. The average molecular weight is 341 g/mol. The van der Waals surface area contributed by atoms with Gasteiger partial charge in [-0.05, 0) is 24.3 Å². The number of hydrogen-bond donors (Lipinski definition) is 1. The topological polar surface area (TPSA) is 87.2 Å². The third kappa shape index (κ3) is 5.90. The highest BCUT2D eigenvalue weighted by Crippen LogP contribution is 2.29. The van der Waals surface area contributed by atoms with Crippen molar-refractivity contribution in [3.05, 3.63) is 35.9 Å². The van der Waals surface area contributed by atoms with Gasteiger partial charge in [0.05, 0.1) is 6.07 Å². The number of amides is 2. The average Bonchev–Trinajstić information content (AvgIpc) is 2.64. The van der Waals surface area contributed by atoms with Gasteiger partial charge in [-0.2, -0.15) is 5.26 Å². The molecular weight excluding hydrogens is 314 g/mol. The maximum Gasteiger partial charge on any atom is 0.236 e. The van der Waals surface area contributed by atoms with E-state index in [-0.39, 0.29) is 12.5 Å². The summed E-state index contributed by atoms with van der Waals surface area (Å²) in [4.78, 5) is 26.2. The Balaban J connectivity index is 2.01. The molecule has 1 aromatic carbocycles. The van der Waals surface area contributed by atoms with E-state index in [1.54, 1.807) is 0 Å². The molecule has 1 atom stereocenters. The minimum absolute atomic E-state index is 0.0138. The van der Waals surface area contributed by atoms with Crippen LogP contribution in [0.4, 0.5) is 0 Å². The Labute approximate surface area is 149 Å². The highest BCUT2D eigenvalue weighted by molar-refractivity contribution is 5.99. The molecule has 0 aliphatic heterocycles. The van der Waals surface area contributed by atoms with Gasteiger partial charge in [0.1, 0.15) is 12.5 Å². The fourth-order valence-corrected chi connectivity index (χ4v) is 3.58. The van der Waals surface area contributed by atoms with Gasteiger partial charge in [-0.15, -0.1) is 0 Å². The van der Waals surface area contributed by atoms with Crippen molar-refractivity contribution in [1.29, 1.82) is 5.26 Å². The van der Waals surface area contributed by atoms with Crippen LogP contribution in [0.25, 0.3) is 0 Å². The Morgan fingerprint density at radius 2 is 1.88 bits per heavy atom. The van der Waals surface area contributed by atoms with Crippen molar-refractivity contribution in [3.63, 3.8) is 0 Å². The van der Waals surface area contributed by atoms with Crippen molar-refractivity contribution in [2.75, 3.05) is 13.1 Å². The van der Waals surface area contributed by atoms with Gasteiger partial charge in [-0.25, -0.2) is 0 Å². The van der Waals surface area contributed by atoms with E-state index in [0.717, 1.165) is 31.2 Å². The van der Waals surface area contributed by atoms with Gasteiger partial charge in [0.2, 0.25) is 11.8 Å². The minimum atomic E-state index is -0.813. The predicted molar refractivity (Wildman–Crippen MR) is 96.2 cm³/mol. The predicted octanol–water partition coefficient (Wildman–Crippen LogP) is 2.65. The number of nitriles is 1. The standard InChI is InChI=1S/C20H27N3O2/c21-12-14-23(13-11-16-7-3-1-4-8-16)20(25)18(19(22)24)15-17-9-5-2-6-10-17/h1,3-4,7-8,17-18H,2,5-6,9-11,13-15H2,(H2,22,24). The molecule has 1 aromatic rings. The van der Waals surface area contributed by atoms with Gasteiger partial charge in [0.25, 0.3) is 0 Å². The van der Waals surface area contributed by atoms with Crippen LogP contribution >= 0.6 is 0 Å². The monoisotopic (exact) mass is 341 g/mol. The summed E-state index contributed by atoms with van der Waals surface area (Å²) in [6, 6.07) is 11.8. The van der Waals surface area contributed by atoms with Gasteiger partial charge >= 0.3 is 0 Å². The molecule has 0 heterocycles. The number of carbonyl (C=O) groups excluding carboxylic acids is 2. The number of rotatable bonds is 8. The highest BCUT2D eigenvalue weighted by Gasteiger charge is 2.31. The number of benzene rings is 1. The van der Waals surface area contributed by atoms with Crippen LogP contribution in [-0.4, -0.2) is 29.8 Å². The van der Waals surface area contributed by atoms with Crippen LogP contribution in [0.15, 0.2) is 30.3 Å². The van der Waals surface area contributed by atoms with Crippen molar-refractivity contribution in [1.82, 2.24) is 4.90 Å². The van der Waals surface area contributed by atoms with E-state index in [9.17, 15) is 9.59 Å². The molecule has 2 rings (SSSR count). The van der Waals surface area contributed by atoms with Crippen molar-refractivity contribution < 1.29 is 9.59 Å². The fraction of sp³-hybridized carbons (Fsp3) is 0.550. The molecule has 2 N–H and O–H groups in total. The van der Waals surface area contributed by atoms with Crippen molar-refractivity contribution in [2.45, 2.75) is 44.9 Å². The van der Waals surface area contributed by atoms with Gasteiger partial charge in [0.15, 0.2) is 0 Å². The van der Waals surface area contributed by atoms with Crippen LogP contribution in [0.2, 0.25) is 0 Å². The van der Waals surface area contributed by atoms with E-state index in [1.807, 2.05) is 36.4 Å². The zero-order valence-electron chi connectivity index (χ0n) is 14.7. The smallest absolute Gasteiger partial charge is 0.236 e. The highest BCUT2D eigenvalue weighted by atomic mass is 16.2. The first-order valence-corrected chi connectivity index (χ1v) is 9.10. The van der Waals surface area contributed by atoms with Crippen molar-refractivity contribution in [2.24, 2.45) is 17.6 Å². The lowest BCUT2D eigenvalue weighted by atomic mass is 9.82. The molecule has 1 aliphatic carbocycles. The molecule has 0 radical (unpaired) electrons. The number of primary amides is 1. The van der Waals surface area contributed by atoms with E-state index in [4.69, 9.17) is 11.0 Å². The summed E-state index contributed by atoms with van der Waals surface area (Å²) in [7, 11) is 0. The molecule has 0 bridgehead atoms. The molecule has 0 saturated heterocycles. The van der Waals surface area contributed by atoms with E-state index < -0.39 is 11.8 Å². The largest absolute Gasteiger partial charge is 0.369 e. The Kier molecular flexibility index (Phi) is 7.46. The number of nitrogens with zero attached hydrogens (tertiary/aromatic N) is 2. The van der Waals surface area contributed by atoms with Crippen LogP contribution in [-0.2, 0) is 16.0 Å². The Hall–Kier alpha value is -2.35. The second-order valence-corrected chi connectivity index (χ2v) is 6.85. The minimum Gasteiger partial charge on any atom is -0.369 e. The van der Waals surface area contributed by atoms with E-state index >= 15 is 0 Å². The van der Waals surface area contributed by atoms with Gasteiger partial charge < -0.3 is 10.6 Å². The van der Waals surface area contributed by atoms with Crippen molar-refractivity contribution >= 4 is 11.8 Å². The molecule has 134 valence electrons. The summed E-state index contributed by atoms with van der Waals surface area (Å²) in [5.74, 6) is -1.30. The first kappa shape index (κ1) is 19.0. The maximum absolute atomic E-state index is 12.8. The molecule has 1 fully saturated rings. The number of hydrogen-bond acceptors (Lipinski definition) is 3.